The third-order valence-electron chi connectivity index (χ3n) is 4.10. The Bertz CT molecular complexity index is 436. The summed E-state index contributed by atoms with van der Waals surface area (Å²) in [6.07, 6.45) is 6.59. The molecule has 4 nitrogen and oxygen atoms in total. The third-order valence-corrected chi connectivity index (χ3v) is 4.10. The molecule has 19 heavy (non-hydrogen) atoms. The van der Waals surface area contributed by atoms with Gasteiger partial charge in [0.1, 0.15) is 11.7 Å². The Labute approximate surface area is 113 Å². The number of fused-ring (bicyclic) bond motifs is 2. The Kier molecular flexibility index (Phi) is 3.58. The molecule has 2 bridgehead atoms. The molecule has 2 fully saturated rings. The minimum Gasteiger partial charge on any atom is -0.461 e. The van der Waals surface area contributed by atoms with Crippen molar-refractivity contribution in [3.63, 3.8) is 0 Å². The highest BCUT2D eigenvalue weighted by molar-refractivity contribution is 5.84. The standard InChI is InChI=1S/C15H20O4/c1-5-6-10(3)18-14(17)12-9(2)7-15(4)8-11(12)13(16)19-15/h1,9-12H,6-8H2,2-4H3/t9-,10+,11+,12-,15+/m0/s1. The Hall–Kier alpha value is -1.50. The molecule has 4 heteroatoms. The minimum absolute atomic E-state index is 0.0840. The molecule has 2 aliphatic rings. The van der Waals surface area contributed by atoms with Gasteiger partial charge in [-0.2, -0.15) is 0 Å². The van der Waals surface area contributed by atoms with Crippen LogP contribution in [0.2, 0.25) is 0 Å². The van der Waals surface area contributed by atoms with Gasteiger partial charge in [0, 0.05) is 12.8 Å². The summed E-state index contributed by atoms with van der Waals surface area (Å²) in [6, 6.07) is 0. The maximum absolute atomic E-state index is 12.2. The first kappa shape index (κ1) is 13.9. The van der Waals surface area contributed by atoms with Gasteiger partial charge >= 0.3 is 11.9 Å². The van der Waals surface area contributed by atoms with Crippen LogP contribution in [-0.2, 0) is 19.1 Å². The van der Waals surface area contributed by atoms with Crippen LogP contribution in [0.15, 0.2) is 0 Å². The lowest BCUT2D eigenvalue weighted by Gasteiger charge is -2.35. The number of terminal acetylenes is 1. The highest BCUT2D eigenvalue weighted by Gasteiger charge is 2.56. The van der Waals surface area contributed by atoms with Crippen LogP contribution >= 0.6 is 0 Å². The van der Waals surface area contributed by atoms with Gasteiger partial charge in [0.05, 0.1) is 11.8 Å². The van der Waals surface area contributed by atoms with Crippen molar-refractivity contribution < 1.29 is 19.1 Å². The molecule has 0 unspecified atom stereocenters. The zero-order chi connectivity index (χ0) is 14.2. The fraction of sp³-hybridized carbons (Fsp3) is 0.733. The Morgan fingerprint density at radius 2 is 2.32 bits per heavy atom. The zero-order valence-corrected chi connectivity index (χ0v) is 11.6. The van der Waals surface area contributed by atoms with Crippen LogP contribution in [0.1, 0.15) is 40.0 Å². The number of hydrogen-bond acceptors (Lipinski definition) is 4. The van der Waals surface area contributed by atoms with Crippen molar-refractivity contribution in [2.45, 2.75) is 51.7 Å². The molecule has 2 rings (SSSR count). The molecular weight excluding hydrogens is 244 g/mol. The highest BCUT2D eigenvalue weighted by Crippen LogP contribution is 2.48. The molecular formula is C15H20O4. The largest absolute Gasteiger partial charge is 0.461 e. The van der Waals surface area contributed by atoms with Crippen LogP contribution in [-0.4, -0.2) is 23.6 Å². The second kappa shape index (κ2) is 4.88. The first-order valence-corrected chi connectivity index (χ1v) is 6.73. The van der Waals surface area contributed by atoms with Crippen molar-refractivity contribution in [2.24, 2.45) is 17.8 Å². The van der Waals surface area contributed by atoms with Crippen molar-refractivity contribution in [3.05, 3.63) is 0 Å². The van der Waals surface area contributed by atoms with E-state index in [0.717, 1.165) is 0 Å². The molecule has 104 valence electrons. The van der Waals surface area contributed by atoms with E-state index >= 15 is 0 Å². The Balaban J connectivity index is 2.09. The van der Waals surface area contributed by atoms with Gasteiger partial charge in [-0.3, -0.25) is 9.59 Å². The summed E-state index contributed by atoms with van der Waals surface area (Å²) in [4.78, 5) is 24.1. The van der Waals surface area contributed by atoms with Gasteiger partial charge < -0.3 is 9.47 Å². The van der Waals surface area contributed by atoms with E-state index in [-0.39, 0.29) is 29.9 Å². The predicted octanol–water partition coefficient (Wildman–Crippen LogP) is 1.92. The summed E-state index contributed by atoms with van der Waals surface area (Å²) in [5.74, 6) is 1.21. The van der Waals surface area contributed by atoms with Crippen molar-refractivity contribution in [1.82, 2.24) is 0 Å². The second-order valence-corrected chi connectivity index (χ2v) is 6.04. The summed E-state index contributed by atoms with van der Waals surface area (Å²) in [5.41, 5.74) is -0.400. The Morgan fingerprint density at radius 3 is 2.95 bits per heavy atom. The number of hydrogen-bond donors (Lipinski definition) is 0. The van der Waals surface area contributed by atoms with Crippen LogP contribution in [0, 0.1) is 30.1 Å². The van der Waals surface area contributed by atoms with Crippen LogP contribution < -0.4 is 0 Å². The van der Waals surface area contributed by atoms with E-state index in [2.05, 4.69) is 5.92 Å². The normalized spacial score (nSPS) is 38.2. The molecule has 5 atom stereocenters. The number of esters is 2. The van der Waals surface area contributed by atoms with E-state index in [0.29, 0.717) is 19.3 Å². The van der Waals surface area contributed by atoms with E-state index in [1.807, 2.05) is 13.8 Å². The summed E-state index contributed by atoms with van der Waals surface area (Å²) in [6.45, 7) is 5.68. The smallest absolute Gasteiger partial charge is 0.310 e. The quantitative estimate of drug-likeness (QED) is 0.577. The average molecular weight is 264 g/mol. The van der Waals surface area contributed by atoms with E-state index in [1.54, 1.807) is 6.92 Å². The number of carbonyl (C=O) groups is 2. The average Bonchev–Trinajstić information content (AvgIpc) is 2.49. The van der Waals surface area contributed by atoms with Crippen molar-refractivity contribution in [2.75, 3.05) is 0 Å². The lowest BCUT2D eigenvalue weighted by molar-refractivity contribution is -0.160. The molecule has 0 aromatic carbocycles. The van der Waals surface area contributed by atoms with E-state index in [9.17, 15) is 9.59 Å². The molecule has 1 aliphatic carbocycles. The summed E-state index contributed by atoms with van der Waals surface area (Å²) in [7, 11) is 0. The van der Waals surface area contributed by atoms with Gasteiger partial charge in [-0.15, -0.1) is 12.3 Å². The summed E-state index contributed by atoms with van der Waals surface area (Å²) < 4.78 is 10.7. The van der Waals surface area contributed by atoms with Gasteiger partial charge in [-0.05, 0) is 26.2 Å². The molecule has 0 aromatic rings. The van der Waals surface area contributed by atoms with Crippen LogP contribution in [0.5, 0.6) is 0 Å². The van der Waals surface area contributed by atoms with Gasteiger partial charge in [0.2, 0.25) is 0 Å². The van der Waals surface area contributed by atoms with Gasteiger partial charge in [-0.25, -0.2) is 0 Å². The van der Waals surface area contributed by atoms with E-state index in [1.165, 1.54) is 0 Å². The minimum atomic E-state index is -0.400. The van der Waals surface area contributed by atoms with Gasteiger partial charge in [-0.1, -0.05) is 6.92 Å². The molecule has 0 aromatic heterocycles. The Morgan fingerprint density at radius 1 is 1.63 bits per heavy atom. The lowest BCUT2D eigenvalue weighted by atomic mass is 9.69. The topological polar surface area (TPSA) is 52.6 Å². The summed E-state index contributed by atoms with van der Waals surface area (Å²) in [5, 5.41) is 0. The summed E-state index contributed by atoms with van der Waals surface area (Å²) >= 11 is 0. The first-order valence-electron chi connectivity index (χ1n) is 6.73. The highest BCUT2D eigenvalue weighted by atomic mass is 16.6. The predicted molar refractivity (Wildman–Crippen MR) is 68.9 cm³/mol. The molecule has 0 radical (unpaired) electrons. The van der Waals surface area contributed by atoms with Crippen LogP contribution in [0.3, 0.4) is 0 Å². The fourth-order valence-corrected chi connectivity index (χ4v) is 3.39. The fourth-order valence-electron chi connectivity index (χ4n) is 3.39. The molecule has 1 aliphatic heterocycles. The SMILES string of the molecule is C#CC[C@@H](C)OC(=O)[C@H]1[C@@H](C)C[C@]2(C)C[C@H]1C(=O)O2. The number of ether oxygens (including phenoxy) is 2. The molecule has 0 amide bonds. The van der Waals surface area contributed by atoms with Crippen LogP contribution in [0.25, 0.3) is 0 Å². The first-order chi connectivity index (χ1) is 8.86. The van der Waals surface area contributed by atoms with Crippen molar-refractivity contribution >= 4 is 11.9 Å². The second-order valence-electron chi connectivity index (χ2n) is 6.04. The molecule has 1 saturated heterocycles. The monoisotopic (exact) mass is 264 g/mol. The molecule has 0 N–H and O–H groups in total. The van der Waals surface area contributed by atoms with Crippen molar-refractivity contribution in [1.29, 1.82) is 0 Å². The zero-order valence-electron chi connectivity index (χ0n) is 11.6. The third kappa shape index (κ3) is 2.60. The maximum Gasteiger partial charge on any atom is 0.310 e. The molecule has 0 spiro atoms. The maximum atomic E-state index is 12.2. The van der Waals surface area contributed by atoms with E-state index in [4.69, 9.17) is 15.9 Å². The molecule has 1 saturated carbocycles. The molecule has 1 heterocycles. The van der Waals surface area contributed by atoms with Gasteiger partial charge in [0.15, 0.2) is 0 Å². The van der Waals surface area contributed by atoms with E-state index < -0.39 is 11.5 Å². The number of rotatable bonds is 3. The van der Waals surface area contributed by atoms with Gasteiger partial charge in [0.25, 0.3) is 0 Å². The lowest BCUT2D eigenvalue weighted by Crippen LogP contribution is -2.41. The van der Waals surface area contributed by atoms with Crippen LogP contribution in [0.4, 0.5) is 0 Å². The van der Waals surface area contributed by atoms with Crippen molar-refractivity contribution in [3.8, 4) is 12.3 Å². The number of carbonyl (C=O) groups excluding carboxylic acids is 2.